The number of aromatic nitrogens is 4. The van der Waals surface area contributed by atoms with Crippen LogP contribution in [0.4, 0.5) is 11.5 Å². The monoisotopic (exact) mass is 407 g/mol. The number of hydrogen-bond acceptors (Lipinski definition) is 6. The lowest BCUT2D eigenvalue weighted by molar-refractivity contribution is 0.102. The van der Waals surface area contributed by atoms with Crippen molar-refractivity contribution >= 4 is 45.8 Å². The van der Waals surface area contributed by atoms with Gasteiger partial charge in [0.05, 0.1) is 17.2 Å². The van der Waals surface area contributed by atoms with Crippen molar-refractivity contribution in [1.29, 1.82) is 0 Å². The molecule has 0 spiro atoms. The summed E-state index contributed by atoms with van der Waals surface area (Å²) in [5.74, 6) is -0.229. The summed E-state index contributed by atoms with van der Waals surface area (Å²) in [4.78, 5) is 26.6. The van der Waals surface area contributed by atoms with E-state index in [4.69, 9.17) is 5.73 Å². The highest BCUT2D eigenvalue weighted by atomic mass is 16.1. The minimum absolute atomic E-state index is 0.152. The molecule has 0 saturated carbocycles. The maximum atomic E-state index is 13.1. The van der Waals surface area contributed by atoms with E-state index in [1.54, 1.807) is 30.7 Å². The number of amides is 1. The maximum Gasteiger partial charge on any atom is 0.261 e. The molecule has 0 aliphatic carbocycles. The Labute approximate surface area is 177 Å². The lowest BCUT2D eigenvalue weighted by Gasteiger charge is -2.05. The van der Waals surface area contributed by atoms with E-state index in [0.717, 1.165) is 5.56 Å². The molecule has 0 unspecified atom stereocenters. The van der Waals surface area contributed by atoms with Crippen molar-refractivity contribution < 1.29 is 4.79 Å². The minimum Gasteiger partial charge on any atom is -0.383 e. The van der Waals surface area contributed by atoms with Crippen LogP contribution in [0.1, 0.15) is 15.9 Å². The van der Waals surface area contributed by atoms with E-state index in [9.17, 15) is 4.79 Å². The molecule has 3 heterocycles. The molecule has 2 aromatic carbocycles. The van der Waals surface area contributed by atoms with Gasteiger partial charge in [-0.2, -0.15) is 9.78 Å². The third kappa shape index (κ3) is 3.46. The van der Waals surface area contributed by atoms with Crippen molar-refractivity contribution in [3.8, 4) is 0 Å². The van der Waals surface area contributed by atoms with Gasteiger partial charge >= 0.3 is 0 Å². The molecule has 5 aromatic rings. The van der Waals surface area contributed by atoms with Crippen LogP contribution in [0.5, 0.6) is 0 Å². The summed E-state index contributed by atoms with van der Waals surface area (Å²) in [6.45, 7) is 0. The molecule has 0 fully saturated rings. The fraction of sp³-hybridized carbons (Fsp3) is 0. The molecular weight excluding hydrogens is 390 g/mol. The fourth-order valence-corrected chi connectivity index (χ4v) is 3.28. The summed E-state index contributed by atoms with van der Waals surface area (Å²) in [5, 5.41) is 7.33. The van der Waals surface area contributed by atoms with Crippen LogP contribution in [0.25, 0.3) is 22.2 Å². The second kappa shape index (κ2) is 7.68. The Balaban J connectivity index is 1.68. The molecule has 5 rings (SSSR count). The van der Waals surface area contributed by atoms with E-state index in [1.165, 1.54) is 4.68 Å². The van der Waals surface area contributed by atoms with Gasteiger partial charge in [-0.1, -0.05) is 36.4 Å². The molecule has 8 heteroatoms. The number of nitrogens with one attached hydrogen (secondary N) is 1. The molecular formula is C23H17N7O. The summed E-state index contributed by atoms with van der Waals surface area (Å²) >= 11 is 0. The predicted octanol–water partition coefficient (Wildman–Crippen LogP) is 3.70. The van der Waals surface area contributed by atoms with Gasteiger partial charge in [0, 0.05) is 23.6 Å². The topological polar surface area (TPSA) is 111 Å². The average molecular weight is 407 g/mol. The Hall–Kier alpha value is -4.59. The fourth-order valence-electron chi connectivity index (χ4n) is 3.28. The highest BCUT2D eigenvalue weighted by Gasteiger charge is 2.24. The van der Waals surface area contributed by atoms with Crippen molar-refractivity contribution in [3.63, 3.8) is 0 Å². The van der Waals surface area contributed by atoms with Crippen molar-refractivity contribution in [1.82, 2.24) is 19.6 Å². The van der Waals surface area contributed by atoms with Gasteiger partial charge in [-0.05, 0) is 30.3 Å². The van der Waals surface area contributed by atoms with E-state index in [0.29, 0.717) is 27.9 Å². The number of rotatable bonds is 4. The summed E-state index contributed by atoms with van der Waals surface area (Å²) in [6, 6.07) is 20.3. The third-order valence-electron chi connectivity index (χ3n) is 4.74. The number of para-hydroxylation sites is 3. The number of fused-ring (bicyclic) bond motifs is 2. The van der Waals surface area contributed by atoms with E-state index < -0.39 is 0 Å². The summed E-state index contributed by atoms with van der Waals surface area (Å²) in [5.41, 5.74) is 10.2. The van der Waals surface area contributed by atoms with Gasteiger partial charge in [-0.25, -0.2) is 9.97 Å². The molecule has 150 valence electrons. The van der Waals surface area contributed by atoms with E-state index in [-0.39, 0.29) is 17.3 Å². The van der Waals surface area contributed by atoms with Gasteiger partial charge in [0.2, 0.25) is 0 Å². The molecule has 1 amide bonds. The first kappa shape index (κ1) is 18.4. The molecule has 0 aliphatic rings. The summed E-state index contributed by atoms with van der Waals surface area (Å²) in [6.07, 6.45) is 4.97. The van der Waals surface area contributed by atoms with Crippen LogP contribution in [-0.4, -0.2) is 31.7 Å². The number of nitrogens with zero attached hydrogens (tertiary/aromatic N) is 5. The van der Waals surface area contributed by atoms with Crippen molar-refractivity contribution in [3.05, 3.63) is 90.3 Å². The van der Waals surface area contributed by atoms with E-state index >= 15 is 0 Å². The minimum atomic E-state index is -0.381. The number of nitrogens with two attached hydrogens (primary N) is 1. The smallest absolute Gasteiger partial charge is 0.261 e. The molecule has 3 aromatic heterocycles. The molecule has 31 heavy (non-hydrogen) atoms. The Morgan fingerprint density at radius 2 is 1.71 bits per heavy atom. The molecule has 8 nitrogen and oxygen atoms in total. The number of hydrogen-bond donors (Lipinski definition) is 2. The first-order valence-corrected chi connectivity index (χ1v) is 9.58. The van der Waals surface area contributed by atoms with E-state index in [2.05, 4.69) is 25.4 Å². The number of pyridine rings is 1. The molecule has 0 radical (unpaired) electrons. The standard InChI is InChI=1S/C23H17N7O/c24-21-19(23(31)27-16-8-2-1-3-9-16)20-22(29-18-11-5-4-10-17(18)28-20)30(21)26-14-15-7-6-12-25-13-15/h1-14H,24H2,(H,27,31)/b26-14-. The largest absolute Gasteiger partial charge is 0.383 e. The SMILES string of the molecule is Nc1c(C(=O)Nc2ccccc2)c2nc3ccccc3nc2n1/N=C\c1cccnc1. The van der Waals surface area contributed by atoms with Crippen LogP contribution in [0.15, 0.2) is 84.2 Å². The normalized spacial score (nSPS) is 11.4. The lowest BCUT2D eigenvalue weighted by atomic mass is 10.2. The number of carbonyl (C=O) groups excluding carboxylic acids is 1. The highest BCUT2D eigenvalue weighted by Crippen LogP contribution is 2.28. The zero-order valence-corrected chi connectivity index (χ0v) is 16.3. The van der Waals surface area contributed by atoms with Crippen LogP contribution >= 0.6 is 0 Å². The van der Waals surface area contributed by atoms with Gasteiger partial charge in [-0.15, -0.1) is 0 Å². The van der Waals surface area contributed by atoms with Gasteiger partial charge in [0.15, 0.2) is 5.65 Å². The Morgan fingerprint density at radius 1 is 0.968 bits per heavy atom. The molecule has 3 N–H and O–H groups in total. The van der Waals surface area contributed by atoms with Crippen LogP contribution in [-0.2, 0) is 0 Å². The van der Waals surface area contributed by atoms with Crippen molar-refractivity contribution in [2.45, 2.75) is 0 Å². The van der Waals surface area contributed by atoms with Crippen LogP contribution in [0.2, 0.25) is 0 Å². The third-order valence-corrected chi connectivity index (χ3v) is 4.74. The molecule has 0 aliphatic heterocycles. The summed E-state index contributed by atoms with van der Waals surface area (Å²) in [7, 11) is 0. The first-order valence-electron chi connectivity index (χ1n) is 9.58. The van der Waals surface area contributed by atoms with Gasteiger partial charge < -0.3 is 11.1 Å². The predicted molar refractivity (Wildman–Crippen MR) is 121 cm³/mol. The highest BCUT2D eigenvalue weighted by molar-refractivity contribution is 6.16. The Kier molecular flexibility index (Phi) is 4.57. The quantitative estimate of drug-likeness (QED) is 0.441. The summed E-state index contributed by atoms with van der Waals surface area (Å²) < 4.78 is 1.43. The van der Waals surface area contributed by atoms with Crippen LogP contribution in [0.3, 0.4) is 0 Å². The van der Waals surface area contributed by atoms with Crippen LogP contribution in [0, 0.1) is 0 Å². The van der Waals surface area contributed by atoms with Gasteiger partial charge in [0.1, 0.15) is 16.9 Å². The molecule has 0 atom stereocenters. The van der Waals surface area contributed by atoms with Gasteiger partial charge in [0.25, 0.3) is 5.91 Å². The lowest BCUT2D eigenvalue weighted by Crippen LogP contribution is -2.14. The first-order chi connectivity index (χ1) is 15.2. The van der Waals surface area contributed by atoms with Crippen LogP contribution < -0.4 is 11.1 Å². The number of carbonyl (C=O) groups is 1. The average Bonchev–Trinajstić information content (AvgIpc) is 3.07. The van der Waals surface area contributed by atoms with Crippen molar-refractivity contribution in [2.75, 3.05) is 11.1 Å². The molecule has 0 bridgehead atoms. The Morgan fingerprint density at radius 3 is 2.45 bits per heavy atom. The molecule has 0 saturated heterocycles. The maximum absolute atomic E-state index is 13.1. The zero-order chi connectivity index (χ0) is 21.2. The van der Waals surface area contributed by atoms with Gasteiger partial charge in [-0.3, -0.25) is 9.78 Å². The second-order valence-corrected chi connectivity index (χ2v) is 6.81. The second-order valence-electron chi connectivity index (χ2n) is 6.81. The number of nitrogen functional groups attached to an aromatic ring is 1. The van der Waals surface area contributed by atoms with E-state index in [1.807, 2.05) is 54.6 Å². The zero-order valence-electron chi connectivity index (χ0n) is 16.3. The Bertz CT molecular complexity index is 1430. The number of anilines is 2. The van der Waals surface area contributed by atoms with Crippen molar-refractivity contribution in [2.24, 2.45) is 5.10 Å². The number of benzene rings is 2.